The van der Waals surface area contributed by atoms with Crippen LogP contribution in [0.15, 0.2) is 82.0 Å². The lowest BCUT2D eigenvalue weighted by Crippen LogP contribution is -2.18. The third-order valence-corrected chi connectivity index (χ3v) is 5.04. The number of rotatable bonds is 4. The van der Waals surface area contributed by atoms with E-state index in [0.717, 1.165) is 5.56 Å². The number of para-hydroxylation sites is 1. The van der Waals surface area contributed by atoms with Crippen molar-refractivity contribution in [1.82, 2.24) is 5.32 Å². The Kier molecular flexibility index (Phi) is 5.37. The second-order valence-corrected chi connectivity index (χ2v) is 7.05. The van der Waals surface area contributed by atoms with Gasteiger partial charge in [-0.25, -0.2) is 0 Å². The molecule has 0 aliphatic heterocycles. The molecule has 6 nitrogen and oxygen atoms in total. The maximum Gasteiger partial charge on any atom is 0.259 e. The molecule has 2 N–H and O–H groups in total. The van der Waals surface area contributed by atoms with Gasteiger partial charge in [0.25, 0.3) is 11.8 Å². The highest BCUT2D eigenvalue weighted by molar-refractivity contribution is 6.11. The first kappa shape index (κ1) is 20.1. The highest BCUT2D eigenvalue weighted by Gasteiger charge is 2.18. The molecule has 0 fully saturated rings. The number of carbonyl (C=O) groups excluding carboxylic acids is 2. The van der Waals surface area contributed by atoms with E-state index in [1.807, 2.05) is 30.3 Å². The van der Waals surface area contributed by atoms with Crippen LogP contribution in [0.2, 0.25) is 0 Å². The highest BCUT2D eigenvalue weighted by Crippen LogP contribution is 2.27. The van der Waals surface area contributed by atoms with Crippen molar-refractivity contribution in [3.05, 3.63) is 99.7 Å². The van der Waals surface area contributed by atoms with Crippen molar-refractivity contribution >= 4 is 28.5 Å². The van der Waals surface area contributed by atoms with Gasteiger partial charge in [0.2, 0.25) is 0 Å². The van der Waals surface area contributed by atoms with E-state index < -0.39 is 5.91 Å². The molecule has 2 amide bonds. The summed E-state index contributed by atoms with van der Waals surface area (Å²) in [5.41, 5.74) is 2.39. The normalized spacial score (nSPS) is 10.6. The topological polar surface area (TPSA) is 88.4 Å². The van der Waals surface area contributed by atoms with Crippen LogP contribution in [-0.2, 0) is 0 Å². The van der Waals surface area contributed by atoms with Crippen LogP contribution in [0.1, 0.15) is 26.3 Å². The number of hydrogen-bond donors (Lipinski definition) is 2. The molecule has 6 heteroatoms. The second-order valence-electron chi connectivity index (χ2n) is 7.05. The van der Waals surface area contributed by atoms with Crippen LogP contribution in [-0.4, -0.2) is 18.9 Å². The Balaban J connectivity index is 1.79. The fraction of sp³-hybridized carbons (Fsp3) is 0.0800. The van der Waals surface area contributed by atoms with Gasteiger partial charge in [-0.1, -0.05) is 42.5 Å². The van der Waals surface area contributed by atoms with Crippen molar-refractivity contribution < 1.29 is 14.0 Å². The molecule has 3 aromatic carbocycles. The minimum Gasteiger partial charge on any atom is -0.455 e. The Bertz CT molecular complexity index is 1360. The van der Waals surface area contributed by atoms with Crippen LogP contribution >= 0.6 is 0 Å². The molecule has 31 heavy (non-hydrogen) atoms. The van der Waals surface area contributed by atoms with Gasteiger partial charge in [-0.3, -0.25) is 14.4 Å². The van der Waals surface area contributed by atoms with Crippen LogP contribution in [0.4, 0.5) is 5.69 Å². The largest absolute Gasteiger partial charge is 0.455 e. The van der Waals surface area contributed by atoms with E-state index in [-0.39, 0.29) is 22.5 Å². The van der Waals surface area contributed by atoms with Crippen molar-refractivity contribution in [2.45, 2.75) is 6.92 Å². The summed E-state index contributed by atoms with van der Waals surface area (Å²) in [7, 11) is 1.54. The number of fused-ring (bicyclic) bond motifs is 1. The van der Waals surface area contributed by atoms with E-state index >= 15 is 0 Å². The van der Waals surface area contributed by atoms with Crippen molar-refractivity contribution in [1.29, 1.82) is 0 Å². The quantitative estimate of drug-likeness (QED) is 0.521. The summed E-state index contributed by atoms with van der Waals surface area (Å²) in [6.45, 7) is 1.71. The first-order valence-electron chi connectivity index (χ1n) is 9.75. The number of amides is 2. The Morgan fingerprint density at radius 1 is 0.871 bits per heavy atom. The van der Waals surface area contributed by atoms with Crippen LogP contribution in [0.3, 0.4) is 0 Å². The fourth-order valence-electron chi connectivity index (χ4n) is 3.43. The van der Waals surface area contributed by atoms with Crippen molar-refractivity contribution in [2.24, 2.45) is 0 Å². The Morgan fingerprint density at radius 2 is 1.61 bits per heavy atom. The average molecular weight is 412 g/mol. The fourth-order valence-corrected chi connectivity index (χ4v) is 3.43. The average Bonchev–Trinajstić information content (AvgIpc) is 2.81. The third kappa shape index (κ3) is 3.83. The lowest BCUT2D eigenvalue weighted by atomic mass is 10.0. The summed E-state index contributed by atoms with van der Waals surface area (Å²) >= 11 is 0. The first-order valence-corrected chi connectivity index (χ1v) is 9.75. The van der Waals surface area contributed by atoms with Crippen LogP contribution in [0, 0.1) is 6.92 Å². The molecular formula is C25H20N2O4. The molecule has 0 unspecified atom stereocenters. The van der Waals surface area contributed by atoms with Gasteiger partial charge in [0, 0.05) is 29.4 Å². The van der Waals surface area contributed by atoms with Gasteiger partial charge in [-0.2, -0.15) is 0 Å². The molecular weight excluding hydrogens is 392 g/mol. The van der Waals surface area contributed by atoms with E-state index in [2.05, 4.69) is 10.6 Å². The second kappa shape index (κ2) is 8.28. The molecule has 4 rings (SSSR count). The Labute approximate surface area is 178 Å². The van der Waals surface area contributed by atoms with Crippen molar-refractivity contribution in [3.8, 4) is 11.3 Å². The van der Waals surface area contributed by atoms with Gasteiger partial charge in [0.1, 0.15) is 5.76 Å². The SMILES string of the molecule is CNC(=O)c1cccc(NC(=O)c2cccc3c(=O)c(C)c(-c4ccccc4)oc23)c1. The predicted octanol–water partition coefficient (Wildman–Crippen LogP) is 4.38. The van der Waals surface area contributed by atoms with E-state index in [0.29, 0.717) is 28.0 Å². The summed E-state index contributed by atoms with van der Waals surface area (Å²) in [6.07, 6.45) is 0. The molecule has 1 heterocycles. The van der Waals surface area contributed by atoms with E-state index in [1.165, 1.54) is 7.05 Å². The maximum absolute atomic E-state index is 13.0. The molecule has 0 aliphatic carbocycles. The minimum absolute atomic E-state index is 0.184. The zero-order valence-electron chi connectivity index (χ0n) is 17.1. The summed E-state index contributed by atoms with van der Waals surface area (Å²) < 4.78 is 6.10. The number of hydrogen-bond acceptors (Lipinski definition) is 4. The maximum atomic E-state index is 13.0. The molecule has 0 aliphatic rings. The highest BCUT2D eigenvalue weighted by atomic mass is 16.3. The molecule has 1 aromatic heterocycles. The summed E-state index contributed by atoms with van der Waals surface area (Å²) in [4.78, 5) is 37.9. The van der Waals surface area contributed by atoms with Gasteiger partial charge >= 0.3 is 0 Å². The van der Waals surface area contributed by atoms with Gasteiger partial charge in [0.15, 0.2) is 11.0 Å². The predicted molar refractivity (Wildman–Crippen MR) is 120 cm³/mol. The molecule has 0 atom stereocenters. The van der Waals surface area contributed by atoms with Crippen molar-refractivity contribution in [3.63, 3.8) is 0 Å². The standard InChI is InChI=1S/C25H20N2O4/c1-15-21(28)19-12-7-13-20(23(19)31-22(15)16-8-4-3-5-9-16)25(30)27-18-11-6-10-17(14-18)24(29)26-2/h3-14H,1-2H3,(H,26,29)(H,27,30). The summed E-state index contributed by atoms with van der Waals surface area (Å²) in [6, 6.07) is 20.8. The number of carbonyl (C=O) groups is 2. The van der Waals surface area contributed by atoms with Gasteiger partial charge < -0.3 is 15.1 Å². The monoisotopic (exact) mass is 412 g/mol. The zero-order chi connectivity index (χ0) is 22.0. The Morgan fingerprint density at radius 3 is 2.35 bits per heavy atom. The molecule has 154 valence electrons. The van der Waals surface area contributed by atoms with Crippen LogP contribution in [0.25, 0.3) is 22.3 Å². The van der Waals surface area contributed by atoms with E-state index in [4.69, 9.17) is 4.42 Å². The number of anilines is 1. The molecule has 0 saturated carbocycles. The lowest BCUT2D eigenvalue weighted by Gasteiger charge is -2.11. The third-order valence-electron chi connectivity index (χ3n) is 5.04. The van der Waals surface area contributed by atoms with Crippen LogP contribution in [0.5, 0.6) is 0 Å². The van der Waals surface area contributed by atoms with Gasteiger partial charge in [-0.15, -0.1) is 0 Å². The molecule has 0 spiro atoms. The van der Waals surface area contributed by atoms with Crippen molar-refractivity contribution in [2.75, 3.05) is 12.4 Å². The Hall–Kier alpha value is -4.19. The smallest absolute Gasteiger partial charge is 0.259 e. The van der Waals surface area contributed by atoms with Gasteiger partial charge in [-0.05, 0) is 37.3 Å². The number of nitrogens with one attached hydrogen (secondary N) is 2. The van der Waals surface area contributed by atoms with Crippen LogP contribution < -0.4 is 16.1 Å². The minimum atomic E-state index is -0.439. The zero-order valence-corrected chi connectivity index (χ0v) is 17.1. The first-order chi connectivity index (χ1) is 15.0. The molecule has 4 aromatic rings. The summed E-state index contributed by atoms with van der Waals surface area (Å²) in [5.74, 6) is -0.263. The van der Waals surface area contributed by atoms with E-state index in [9.17, 15) is 14.4 Å². The molecule has 0 bridgehead atoms. The number of benzene rings is 3. The molecule has 0 saturated heterocycles. The molecule has 0 radical (unpaired) electrons. The van der Waals surface area contributed by atoms with Gasteiger partial charge in [0.05, 0.1) is 10.9 Å². The van der Waals surface area contributed by atoms with E-state index in [1.54, 1.807) is 49.4 Å². The lowest BCUT2D eigenvalue weighted by molar-refractivity contribution is 0.0961. The summed E-state index contributed by atoms with van der Waals surface area (Å²) in [5, 5.41) is 5.67.